The fraction of sp³-hybridized carbons (Fsp3) is 0.323. The molecule has 1 amide bonds. The van der Waals surface area contributed by atoms with E-state index in [1.165, 1.54) is 0 Å². The molecule has 1 N–H and O–H groups in total. The average Bonchev–Trinajstić information content (AvgIpc) is 3.77. The van der Waals surface area contributed by atoms with Gasteiger partial charge in [0.15, 0.2) is 0 Å². The molecular formula is C31H32Cl2N2O3. The molecule has 5 nitrogen and oxygen atoms in total. The first-order valence-corrected chi connectivity index (χ1v) is 13.8. The van der Waals surface area contributed by atoms with Crippen molar-refractivity contribution in [1.82, 2.24) is 10.2 Å². The third-order valence-corrected chi connectivity index (χ3v) is 7.65. The van der Waals surface area contributed by atoms with E-state index in [4.69, 9.17) is 32.7 Å². The summed E-state index contributed by atoms with van der Waals surface area (Å²) in [5.41, 5.74) is 4.97. The van der Waals surface area contributed by atoms with Crippen LogP contribution in [0.25, 0.3) is 5.57 Å². The first-order chi connectivity index (χ1) is 18.5. The summed E-state index contributed by atoms with van der Waals surface area (Å²) in [6, 6.07) is 21.7. The summed E-state index contributed by atoms with van der Waals surface area (Å²) >= 11 is 12.7. The number of hydrogen-bond acceptors (Lipinski definition) is 4. The third-order valence-electron chi connectivity index (χ3n) is 6.99. The van der Waals surface area contributed by atoms with Gasteiger partial charge >= 0.3 is 0 Å². The average molecular weight is 552 g/mol. The minimum atomic E-state index is 0.0990. The van der Waals surface area contributed by atoms with Gasteiger partial charge in [-0.25, -0.2) is 0 Å². The van der Waals surface area contributed by atoms with Gasteiger partial charge in [0.2, 0.25) is 0 Å². The lowest BCUT2D eigenvalue weighted by Gasteiger charge is -2.28. The number of nitrogens with zero attached hydrogens (tertiary/aromatic N) is 1. The Balaban J connectivity index is 1.26. The molecule has 7 heteroatoms. The highest BCUT2D eigenvalue weighted by Crippen LogP contribution is 2.34. The molecule has 0 radical (unpaired) electrons. The van der Waals surface area contributed by atoms with Gasteiger partial charge in [-0.1, -0.05) is 65.7 Å². The molecule has 198 valence electrons. The quantitative estimate of drug-likeness (QED) is 0.285. The summed E-state index contributed by atoms with van der Waals surface area (Å²) in [4.78, 5) is 15.8. The van der Waals surface area contributed by atoms with Crippen molar-refractivity contribution in [2.75, 3.05) is 26.3 Å². The Morgan fingerprint density at radius 1 is 0.947 bits per heavy atom. The van der Waals surface area contributed by atoms with Gasteiger partial charge in [0, 0.05) is 29.7 Å². The lowest BCUT2D eigenvalue weighted by Crippen LogP contribution is -2.39. The highest BCUT2D eigenvalue weighted by atomic mass is 35.5. The largest absolute Gasteiger partial charge is 0.490 e. The van der Waals surface area contributed by atoms with Gasteiger partial charge < -0.3 is 19.7 Å². The number of carbonyl (C=O) groups excluding carboxylic acids is 1. The summed E-state index contributed by atoms with van der Waals surface area (Å²) in [7, 11) is 0. The monoisotopic (exact) mass is 550 g/mol. The number of benzene rings is 3. The van der Waals surface area contributed by atoms with Crippen molar-refractivity contribution >= 4 is 34.7 Å². The number of ether oxygens (including phenoxy) is 2. The van der Waals surface area contributed by atoms with Crippen LogP contribution < -0.4 is 14.8 Å². The second-order valence-corrected chi connectivity index (χ2v) is 10.6. The van der Waals surface area contributed by atoms with Crippen molar-refractivity contribution in [3.8, 4) is 11.5 Å². The molecule has 0 bridgehead atoms. The maximum atomic E-state index is 13.8. The second-order valence-electron chi connectivity index (χ2n) is 9.75. The molecule has 38 heavy (non-hydrogen) atoms. The minimum Gasteiger partial charge on any atom is -0.490 e. The maximum Gasteiger partial charge on any atom is 0.251 e. The number of para-hydroxylation sites is 1. The number of hydrogen-bond donors (Lipinski definition) is 1. The van der Waals surface area contributed by atoms with Crippen LogP contribution >= 0.6 is 23.2 Å². The van der Waals surface area contributed by atoms with Gasteiger partial charge in [0.05, 0.1) is 5.02 Å². The van der Waals surface area contributed by atoms with Crippen LogP contribution in [0.1, 0.15) is 36.0 Å². The number of rotatable bonds is 10. The van der Waals surface area contributed by atoms with Crippen molar-refractivity contribution in [1.29, 1.82) is 0 Å². The van der Waals surface area contributed by atoms with Gasteiger partial charge in [-0.05, 0) is 79.3 Å². The molecule has 1 saturated carbocycles. The molecular weight excluding hydrogens is 519 g/mol. The minimum absolute atomic E-state index is 0.0990. The van der Waals surface area contributed by atoms with E-state index in [9.17, 15) is 4.79 Å². The van der Waals surface area contributed by atoms with Crippen LogP contribution in [0.3, 0.4) is 0 Å². The van der Waals surface area contributed by atoms with Crippen LogP contribution in [0, 0.1) is 6.92 Å². The molecule has 0 saturated heterocycles. The number of carbonyl (C=O) groups is 1. The molecule has 3 aromatic carbocycles. The summed E-state index contributed by atoms with van der Waals surface area (Å²) < 4.78 is 11.7. The van der Waals surface area contributed by atoms with E-state index in [2.05, 4.69) is 5.32 Å². The Hall–Kier alpha value is -2.99. The molecule has 0 atom stereocenters. The smallest absolute Gasteiger partial charge is 0.251 e. The van der Waals surface area contributed by atoms with E-state index in [-0.39, 0.29) is 11.9 Å². The number of amides is 1. The van der Waals surface area contributed by atoms with E-state index < -0.39 is 0 Å². The predicted molar refractivity (Wildman–Crippen MR) is 153 cm³/mol. The van der Waals surface area contributed by atoms with Crippen molar-refractivity contribution in [2.45, 2.75) is 38.8 Å². The van der Waals surface area contributed by atoms with Crippen molar-refractivity contribution in [2.24, 2.45) is 0 Å². The fourth-order valence-electron chi connectivity index (χ4n) is 4.80. The van der Waals surface area contributed by atoms with Crippen LogP contribution in [0.15, 0.2) is 72.3 Å². The standard InChI is InChI=1S/C31H32Cl2N2O3/c1-21-5-4-8-29(33)30(21)38-18-17-37-25-13-9-22(10-14-25)26-15-16-34-19-27(26)31(36)35(24-11-12-24)20-23-6-2-3-7-28(23)32/h2-10,13-14,24,34H,11-12,15-20H2,1H3. The van der Waals surface area contributed by atoms with Crippen LogP contribution in [-0.2, 0) is 11.3 Å². The normalized spacial score (nSPS) is 15.3. The Labute approximate surface area is 234 Å². The number of halogens is 2. The molecule has 5 rings (SSSR count). The van der Waals surface area contributed by atoms with E-state index >= 15 is 0 Å². The van der Waals surface area contributed by atoms with E-state index in [1.54, 1.807) is 0 Å². The highest BCUT2D eigenvalue weighted by molar-refractivity contribution is 6.32. The van der Waals surface area contributed by atoms with Gasteiger partial charge in [-0.3, -0.25) is 4.79 Å². The molecule has 3 aromatic rings. The Kier molecular flexibility index (Phi) is 8.58. The first kappa shape index (κ1) is 26.6. The van der Waals surface area contributed by atoms with Crippen molar-refractivity contribution in [3.05, 3.63) is 99.0 Å². The molecule has 0 aromatic heterocycles. The molecule has 1 aliphatic heterocycles. The van der Waals surface area contributed by atoms with E-state index in [1.807, 2.05) is 78.6 Å². The van der Waals surface area contributed by atoms with Gasteiger partial charge in [-0.15, -0.1) is 0 Å². The fourth-order valence-corrected chi connectivity index (χ4v) is 5.27. The topological polar surface area (TPSA) is 50.8 Å². The molecule has 1 heterocycles. The van der Waals surface area contributed by atoms with Gasteiger partial charge in [0.25, 0.3) is 5.91 Å². The van der Waals surface area contributed by atoms with Crippen molar-refractivity contribution in [3.63, 3.8) is 0 Å². The van der Waals surface area contributed by atoms with Crippen LogP contribution in [-0.4, -0.2) is 43.2 Å². The molecule has 1 fully saturated rings. The Bertz CT molecular complexity index is 1300. The van der Waals surface area contributed by atoms with E-state index in [0.717, 1.165) is 59.4 Å². The van der Waals surface area contributed by atoms with E-state index in [0.29, 0.717) is 42.1 Å². The predicted octanol–water partition coefficient (Wildman–Crippen LogP) is 6.70. The first-order valence-electron chi connectivity index (χ1n) is 13.1. The van der Waals surface area contributed by atoms with Crippen molar-refractivity contribution < 1.29 is 14.3 Å². The Morgan fingerprint density at radius 2 is 1.68 bits per heavy atom. The van der Waals surface area contributed by atoms with Crippen LogP contribution in [0.4, 0.5) is 0 Å². The van der Waals surface area contributed by atoms with Gasteiger partial charge in [0.1, 0.15) is 24.7 Å². The lowest BCUT2D eigenvalue weighted by molar-refractivity contribution is -0.128. The molecule has 1 aliphatic carbocycles. The number of aryl methyl sites for hydroxylation is 1. The highest BCUT2D eigenvalue weighted by Gasteiger charge is 2.35. The maximum absolute atomic E-state index is 13.8. The zero-order valence-electron chi connectivity index (χ0n) is 21.5. The lowest BCUT2D eigenvalue weighted by atomic mass is 9.93. The summed E-state index contributed by atoms with van der Waals surface area (Å²) in [6.07, 6.45) is 2.88. The third kappa shape index (κ3) is 6.35. The molecule has 0 unspecified atom stereocenters. The van der Waals surface area contributed by atoms with Crippen LogP contribution in [0.5, 0.6) is 11.5 Å². The summed E-state index contributed by atoms with van der Waals surface area (Å²) in [5.74, 6) is 1.55. The second kappa shape index (κ2) is 12.2. The number of nitrogens with one attached hydrogen (secondary N) is 1. The summed E-state index contributed by atoms with van der Waals surface area (Å²) in [5, 5.41) is 4.69. The molecule has 2 aliphatic rings. The molecule has 0 spiro atoms. The van der Waals surface area contributed by atoms with Gasteiger partial charge in [-0.2, -0.15) is 0 Å². The zero-order chi connectivity index (χ0) is 26.5. The Morgan fingerprint density at radius 3 is 2.42 bits per heavy atom. The SMILES string of the molecule is Cc1cccc(Cl)c1OCCOc1ccc(C2=C(C(=O)N(Cc3ccccc3Cl)C3CC3)CNCC2)cc1. The van der Waals surface area contributed by atoms with Crippen LogP contribution in [0.2, 0.25) is 10.0 Å². The zero-order valence-corrected chi connectivity index (χ0v) is 23.0. The summed E-state index contributed by atoms with van der Waals surface area (Å²) in [6.45, 7) is 4.70.